The predicted molar refractivity (Wildman–Crippen MR) is 57.1 cm³/mol. The zero-order valence-electron chi connectivity index (χ0n) is 7.39. The summed E-state index contributed by atoms with van der Waals surface area (Å²) in [5.74, 6) is 0. The van der Waals surface area contributed by atoms with E-state index in [0.29, 0.717) is 0 Å². The molecule has 0 N–H and O–H groups in total. The Morgan fingerprint density at radius 3 is 2.75 bits per heavy atom. The van der Waals surface area contributed by atoms with Crippen LogP contribution >= 0.6 is 23.5 Å². The minimum absolute atomic E-state index is 1.16. The van der Waals surface area contributed by atoms with Crippen LogP contribution in [-0.4, -0.2) is 5.08 Å². The normalized spacial score (nSPS) is 14.8. The molecule has 2 heteroatoms. The van der Waals surface area contributed by atoms with Gasteiger partial charge in [-0.15, -0.1) is 23.5 Å². The molecule has 0 atom stereocenters. The molecule has 0 spiro atoms. The fourth-order valence-corrected chi connectivity index (χ4v) is 4.25. The Hall–Kier alpha value is -0.0800. The number of fused-ring (bicyclic) bond motifs is 1. The standard InChI is InChI=1S/C10H12S2/c1-3-8-5-4-7(2)9-10(8)12-6-11-9/h4-5H,3,6H2,1-2H3. The second-order valence-corrected chi connectivity index (χ2v) is 5.30. The van der Waals surface area contributed by atoms with Crippen LogP contribution in [0.5, 0.6) is 0 Å². The van der Waals surface area contributed by atoms with Gasteiger partial charge < -0.3 is 0 Å². The topological polar surface area (TPSA) is 0 Å². The van der Waals surface area contributed by atoms with Gasteiger partial charge in [0.05, 0.1) is 0 Å². The smallest absolute Gasteiger partial charge is 0.0487 e. The molecule has 2 rings (SSSR count). The number of benzene rings is 1. The Balaban J connectivity index is 2.57. The van der Waals surface area contributed by atoms with Gasteiger partial charge in [-0.3, -0.25) is 0 Å². The molecule has 0 nitrogen and oxygen atoms in total. The molecule has 0 aliphatic carbocycles. The van der Waals surface area contributed by atoms with E-state index in [9.17, 15) is 0 Å². The van der Waals surface area contributed by atoms with E-state index in [1.807, 2.05) is 23.5 Å². The number of hydrogen-bond acceptors (Lipinski definition) is 2. The third kappa shape index (κ3) is 1.27. The van der Waals surface area contributed by atoms with Crippen molar-refractivity contribution >= 4 is 23.5 Å². The van der Waals surface area contributed by atoms with E-state index in [0.717, 1.165) is 6.42 Å². The average Bonchev–Trinajstić information content (AvgIpc) is 2.54. The summed E-state index contributed by atoms with van der Waals surface area (Å²) in [5.41, 5.74) is 2.96. The molecular formula is C10H12S2. The molecule has 0 saturated heterocycles. The first-order chi connectivity index (χ1) is 5.83. The number of thioether (sulfide) groups is 2. The Labute approximate surface area is 82.1 Å². The van der Waals surface area contributed by atoms with Crippen molar-refractivity contribution in [3.8, 4) is 0 Å². The summed E-state index contributed by atoms with van der Waals surface area (Å²) in [6, 6.07) is 4.52. The van der Waals surface area contributed by atoms with Crippen LogP contribution in [0.3, 0.4) is 0 Å². The zero-order chi connectivity index (χ0) is 8.55. The Kier molecular flexibility index (Phi) is 2.37. The van der Waals surface area contributed by atoms with Gasteiger partial charge in [0.25, 0.3) is 0 Å². The molecule has 0 saturated carbocycles. The zero-order valence-corrected chi connectivity index (χ0v) is 9.02. The van der Waals surface area contributed by atoms with Gasteiger partial charge in [-0.1, -0.05) is 19.1 Å². The summed E-state index contributed by atoms with van der Waals surface area (Å²) < 4.78 is 0. The van der Waals surface area contributed by atoms with Gasteiger partial charge in [-0.2, -0.15) is 0 Å². The van der Waals surface area contributed by atoms with E-state index >= 15 is 0 Å². The molecular weight excluding hydrogens is 184 g/mol. The molecule has 1 aliphatic rings. The lowest BCUT2D eigenvalue weighted by molar-refractivity contribution is 1.02. The SMILES string of the molecule is CCc1ccc(C)c2c1SCS2. The van der Waals surface area contributed by atoms with Crippen molar-refractivity contribution in [1.29, 1.82) is 0 Å². The van der Waals surface area contributed by atoms with Crippen molar-refractivity contribution in [3.05, 3.63) is 23.3 Å². The Bertz CT molecular complexity index is 305. The van der Waals surface area contributed by atoms with Crippen LogP contribution in [0.4, 0.5) is 0 Å². The summed E-state index contributed by atoms with van der Waals surface area (Å²) >= 11 is 3.98. The van der Waals surface area contributed by atoms with Gasteiger partial charge in [0.1, 0.15) is 0 Å². The highest BCUT2D eigenvalue weighted by molar-refractivity contribution is 8.18. The third-order valence-electron chi connectivity index (χ3n) is 2.18. The van der Waals surface area contributed by atoms with Crippen molar-refractivity contribution in [1.82, 2.24) is 0 Å². The lowest BCUT2D eigenvalue weighted by Gasteiger charge is -2.06. The van der Waals surface area contributed by atoms with E-state index in [1.165, 1.54) is 21.1 Å². The quantitative estimate of drug-likeness (QED) is 0.671. The maximum absolute atomic E-state index is 2.27. The molecule has 0 bridgehead atoms. The molecule has 1 aromatic carbocycles. The van der Waals surface area contributed by atoms with E-state index in [4.69, 9.17) is 0 Å². The summed E-state index contributed by atoms with van der Waals surface area (Å²) in [7, 11) is 0. The molecule has 1 heterocycles. The van der Waals surface area contributed by atoms with Crippen LogP contribution in [0.25, 0.3) is 0 Å². The van der Waals surface area contributed by atoms with Gasteiger partial charge in [-0.25, -0.2) is 0 Å². The van der Waals surface area contributed by atoms with Crippen molar-refractivity contribution < 1.29 is 0 Å². The van der Waals surface area contributed by atoms with Crippen LogP contribution < -0.4 is 0 Å². The predicted octanol–water partition coefficient (Wildman–Crippen LogP) is 3.71. The van der Waals surface area contributed by atoms with Gasteiger partial charge >= 0.3 is 0 Å². The monoisotopic (exact) mass is 196 g/mol. The first kappa shape index (κ1) is 8.52. The highest BCUT2D eigenvalue weighted by Gasteiger charge is 2.16. The maximum atomic E-state index is 2.27. The Morgan fingerprint density at radius 2 is 2.00 bits per heavy atom. The van der Waals surface area contributed by atoms with Crippen molar-refractivity contribution in [3.63, 3.8) is 0 Å². The second kappa shape index (κ2) is 3.35. The van der Waals surface area contributed by atoms with Crippen molar-refractivity contribution in [2.24, 2.45) is 0 Å². The first-order valence-corrected chi connectivity index (χ1v) is 6.18. The van der Waals surface area contributed by atoms with Crippen molar-refractivity contribution in [2.45, 2.75) is 30.1 Å². The second-order valence-electron chi connectivity index (χ2n) is 2.96. The number of rotatable bonds is 1. The summed E-state index contributed by atoms with van der Waals surface area (Å²) in [4.78, 5) is 3.07. The maximum Gasteiger partial charge on any atom is 0.0487 e. The molecule has 64 valence electrons. The largest absolute Gasteiger partial charge is 0.113 e. The van der Waals surface area contributed by atoms with Crippen LogP contribution in [0, 0.1) is 6.92 Å². The minimum Gasteiger partial charge on any atom is -0.113 e. The molecule has 0 unspecified atom stereocenters. The first-order valence-electron chi connectivity index (χ1n) is 4.21. The van der Waals surface area contributed by atoms with E-state index in [2.05, 4.69) is 26.0 Å². The Morgan fingerprint density at radius 1 is 1.25 bits per heavy atom. The van der Waals surface area contributed by atoms with Gasteiger partial charge in [0.2, 0.25) is 0 Å². The van der Waals surface area contributed by atoms with Crippen LogP contribution in [0.1, 0.15) is 18.1 Å². The summed E-state index contributed by atoms with van der Waals surface area (Å²) in [5, 5.41) is 1.20. The lowest BCUT2D eigenvalue weighted by atomic mass is 10.1. The van der Waals surface area contributed by atoms with Crippen LogP contribution in [-0.2, 0) is 6.42 Å². The molecule has 12 heavy (non-hydrogen) atoms. The van der Waals surface area contributed by atoms with Crippen LogP contribution in [0.2, 0.25) is 0 Å². The molecule has 1 aliphatic heterocycles. The van der Waals surface area contributed by atoms with E-state index < -0.39 is 0 Å². The molecule has 0 aromatic heterocycles. The average molecular weight is 196 g/mol. The third-order valence-corrected chi connectivity index (χ3v) is 4.82. The van der Waals surface area contributed by atoms with Crippen molar-refractivity contribution in [2.75, 3.05) is 5.08 Å². The molecule has 0 radical (unpaired) electrons. The van der Waals surface area contributed by atoms with Gasteiger partial charge in [-0.05, 0) is 24.5 Å². The lowest BCUT2D eigenvalue weighted by Crippen LogP contribution is -1.86. The molecule has 0 fully saturated rings. The fourth-order valence-electron chi connectivity index (χ4n) is 1.47. The fraction of sp³-hybridized carbons (Fsp3) is 0.400. The summed E-state index contributed by atoms with van der Waals surface area (Å²) in [6.45, 7) is 4.44. The van der Waals surface area contributed by atoms with E-state index in [1.54, 1.807) is 4.90 Å². The highest BCUT2D eigenvalue weighted by Crippen LogP contribution is 2.45. The number of aryl methyl sites for hydroxylation is 2. The minimum atomic E-state index is 1.16. The highest BCUT2D eigenvalue weighted by atomic mass is 32.2. The van der Waals surface area contributed by atoms with Gasteiger partial charge in [0.15, 0.2) is 0 Å². The number of hydrogen-bond donors (Lipinski definition) is 0. The van der Waals surface area contributed by atoms with E-state index in [-0.39, 0.29) is 0 Å². The van der Waals surface area contributed by atoms with Crippen LogP contribution in [0.15, 0.2) is 21.9 Å². The van der Waals surface area contributed by atoms with Gasteiger partial charge in [0, 0.05) is 14.9 Å². The summed E-state index contributed by atoms with van der Waals surface area (Å²) in [6.07, 6.45) is 1.16. The molecule has 1 aromatic rings. The molecule has 0 amide bonds.